The Labute approximate surface area is 126 Å². The van der Waals surface area contributed by atoms with Gasteiger partial charge in [-0.2, -0.15) is 0 Å². The van der Waals surface area contributed by atoms with Crippen molar-refractivity contribution in [3.63, 3.8) is 0 Å². The monoisotopic (exact) mass is 287 g/mol. The summed E-state index contributed by atoms with van der Waals surface area (Å²) in [6, 6.07) is 8.74. The van der Waals surface area contributed by atoms with Crippen LogP contribution >= 0.6 is 0 Å². The van der Waals surface area contributed by atoms with Crippen LogP contribution in [0.3, 0.4) is 0 Å². The molecule has 2 fully saturated rings. The van der Waals surface area contributed by atoms with E-state index in [-0.39, 0.29) is 5.91 Å². The van der Waals surface area contributed by atoms with Gasteiger partial charge >= 0.3 is 0 Å². The largest absolute Gasteiger partial charge is 0.372 e. The predicted molar refractivity (Wildman–Crippen MR) is 86.8 cm³/mol. The minimum Gasteiger partial charge on any atom is -0.372 e. The Morgan fingerprint density at radius 2 is 1.71 bits per heavy atom. The van der Waals surface area contributed by atoms with E-state index < -0.39 is 0 Å². The maximum Gasteiger partial charge on any atom is 0.238 e. The molecule has 0 aromatic heterocycles. The molecule has 1 aromatic rings. The molecular weight excluding hydrogens is 262 g/mol. The second-order valence-corrected chi connectivity index (χ2v) is 6.15. The number of hydrogen-bond donors (Lipinski definition) is 2. The molecule has 4 heteroatoms. The molecule has 1 aromatic carbocycles. The van der Waals surface area contributed by atoms with Gasteiger partial charge in [-0.05, 0) is 49.9 Å². The van der Waals surface area contributed by atoms with E-state index in [1.807, 2.05) is 12.1 Å². The second-order valence-electron chi connectivity index (χ2n) is 6.15. The summed E-state index contributed by atoms with van der Waals surface area (Å²) in [6.45, 7) is 2.71. The summed E-state index contributed by atoms with van der Waals surface area (Å²) in [5.41, 5.74) is 2.14. The SMILES string of the molecule is O=C(CNC1CCCC1)Nc1ccc(N2CCCC2)cc1. The maximum absolute atomic E-state index is 11.9. The van der Waals surface area contributed by atoms with Gasteiger partial charge < -0.3 is 15.5 Å². The van der Waals surface area contributed by atoms with Crippen LogP contribution in [0.2, 0.25) is 0 Å². The molecule has 1 saturated carbocycles. The summed E-state index contributed by atoms with van der Waals surface area (Å²) < 4.78 is 0. The molecule has 0 atom stereocenters. The van der Waals surface area contributed by atoms with Crippen molar-refractivity contribution >= 4 is 17.3 Å². The average molecular weight is 287 g/mol. The van der Waals surface area contributed by atoms with E-state index in [4.69, 9.17) is 0 Å². The Morgan fingerprint density at radius 1 is 1.05 bits per heavy atom. The third kappa shape index (κ3) is 3.97. The van der Waals surface area contributed by atoms with E-state index in [0.29, 0.717) is 12.6 Å². The van der Waals surface area contributed by atoms with Gasteiger partial charge in [-0.3, -0.25) is 4.79 Å². The number of anilines is 2. The molecule has 1 heterocycles. The molecule has 114 valence electrons. The van der Waals surface area contributed by atoms with Crippen LogP contribution in [0.25, 0.3) is 0 Å². The Balaban J connectivity index is 1.46. The highest BCUT2D eigenvalue weighted by Gasteiger charge is 2.15. The van der Waals surface area contributed by atoms with Crippen molar-refractivity contribution in [2.75, 3.05) is 29.9 Å². The van der Waals surface area contributed by atoms with Gasteiger partial charge in [0.05, 0.1) is 6.54 Å². The molecule has 2 N–H and O–H groups in total. The summed E-state index contributed by atoms with van der Waals surface area (Å²) >= 11 is 0. The fraction of sp³-hybridized carbons (Fsp3) is 0.588. The van der Waals surface area contributed by atoms with E-state index in [1.165, 1.54) is 44.2 Å². The number of carbonyl (C=O) groups excluding carboxylic acids is 1. The molecule has 0 radical (unpaired) electrons. The lowest BCUT2D eigenvalue weighted by molar-refractivity contribution is -0.115. The zero-order valence-electron chi connectivity index (χ0n) is 12.6. The van der Waals surface area contributed by atoms with Gasteiger partial charge in [0.2, 0.25) is 5.91 Å². The van der Waals surface area contributed by atoms with Crippen LogP contribution in [0.5, 0.6) is 0 Å². The Bertz CT molecular complexity index is 459. The van der Waals surface area contributed by atoms with Crippen LogP contribution in [0.1, 0.15) is 38.5 Å². The van der Waals surface area contributed by atoms with Gasteiger partial charge in [0.15, 0.2) is 0 Å². The van der Waals surface area contributed by atoms with Crippen molar-refractivity contribution in [3.05, 3.63) is 24.3 Å². The van der Waals surface area contributed by atoms with Gasteiger partial charge in [-0.1, -0.05) is 12.8 Å². The fourth-order valence-corrected chi connectivity index (χ4v) is 3.30. The topological polar surface area (TPSA) is 44.4 Å². The molecular formula is C17H25N3O. The number of nitrogens with one attached hydrogen (secondary N) is 2. The molecule has 4 nitrogen and oxygen atoms in total. The molecule has 3 rings (SSSR count). The van der Waals surface area contributed by atoms with Crippen molar-refractivity contribution in [1.29, 1.82) is 0 Å². The van der Waals surface area contributed by atoms with Crippen LogP contribution in [0.4, 0.5) is 11.4 Å². The number of rotatable bonds is 5. The minimum absolute atomic E-state index is 0.0517. The summed E-state index contributed by atoms with van der Waals surface area (Å²) in [6.07, 6.45) is 7.56. The molecule has 0 spiro atoms. The molecule has 0 unspecified atom stereocenters. The Morgan fingerprint density at radius 3 is 2.38 bits per heavy atom. The van der Waals surface area contributed by atoms with E-state index in [2.05, 4.69) is 27.7 Å². The first kappa shape index (κ1) is 14.4. The first-order valence-corrected chi connectivity index (χ1v) is 8.19. The standard InChI is InChI=1S/C17H25N3O/c21-17(13-18-14-5-1-2-6-14)19-15-7-9-16(10-8-15)20-11-3-4-12-20/h7-10,14,18H,1-6,11-13H2,(H,19,21). The third-order valence-electron chi connectivity index (χ3n) is 4.53. The van der Waals surface area contributed by atoms with Crippen molar-refractivity contribution in [2.24, 2.45) is 0 Å². The van der Waals surface area contributed by atoms with E-state index in [0.717, 1.165) is 18.8 Å². The highest BCUT2D eigenvalue weighted by atomic mass is 16.1. The minimum atomic E-state index is 0.0517. The normalized spacial score (nSPS) is 19.1. The zero-order valence-corrected chi connectivity index (χ0v) is 12.6. The van der Waals surface area contributed by atoms with Crippen molar-refractivity contribution in [2.45, 2.75) is 44.6 Å². The van der Waals surface area contributed by atoms with Gasteiger partial charge in [0.25, 0.3) is 0 Å². The smallest absolute Gasteiger partial charge is 0.238 e. The maximum atomic E-state index is 11.9. The summed E-state index contributed by atoms with van der Waals surface area (Å²) in [7, 11) is 0. The fourth-order valence-electron chi connectivity index (χ4n) is 3.30. The summed E-state index contributed by atoms with van der Waals surface area (Å²) in [5.74, 6) is 0.0517. The van der Waals surface area contributed by atoms with E-state index >= 15 is 0 Å². The number of hydrogen-bond acceptors (Lipinski definition) is 3. The Kier molecular flexibility index (Phi) is 4.76. The first-order chi connectivity index (χ1) is 10.3. The van der Waals surface area contributed by atoms with E-state index in [1.54, 1.807) is 0 Å². The molecule has 1 saturated heterocycles. The van der Waals surface area contributed by atoms with Crippen LogP contribution < -0.4 is 15.5 Å². The number of benzene rings is 1. The zero-order chi connectivity index (χ0) is 14.5. The third-order valence-corrected chi connectivity index (χ3v) is 4.53. The van der Waals surface area contributed by atoms with Gasteiger partial charge in [-0.15, -0.1) is 0 Å². The van der Waals surface area contributed by atoms with E-state index in [9.17, 15) is 4.79 Å². The lowest BCUT2D eigenvalue weighted by Crippen LogP contribution is -2.34. The summed E-state index contributed by atoms with van der Waals surface area (Å²) in [4.78, 5) is 14.3. The lowest BCUT2D eigenvalue weighted by atomic mass is 10.2. The van der Waals surface area contributed by atoms with Gasteiger partial charge in [0, 0.05) is 30.5 Å². The van der Waals surface area contributed by atoms with Crippen molar-refractivity contribution < 1.29 is 4.79 Å². The molecule has 2 aliphatic rings. The second kappa shape index (κ2) is 6.94. The predicted octanol–water partition coefficient (Wildman–Crippen LogP) is 2.76. The number of amides is 1. The van der Waals surface area contributed by atoms with Crippen LogP contribution in [-0.4, -0.2) is 31.6 Å². The quantitative estimate of drug-likeness (QED) is 0.875. The van der Waals surface area contributed by atoms with Gasteiger partial charge in [0.1, 0.15) is 0 Å². The van der Waals surface area contributed by atoms with Crippen molar-refractivity contribution in [1.82, 2.24) is 5.32 Å². The highest BCUT2D eigenvalue weighted by Crippen LogP contribution is 2.22. The molecule has 21 heavy (non-hydrogen) atoms. The Hall–Kier alpha value is -1.55. The number of carbonyl (C=O) groups is 1. The average Bonchev–Trinajstić information content (AvgIpc) is 3.19. The van der Waals surface area contributed by atoms with Crippen molar-refractivity contribution in [3.8, 4) is 0 Å². The van der Waals surface area contributed by atoms with Crippen LogP contribution in [0, 0.1) is 0 Å². The first-order valence-electron chi connectivity index (χ1n) is 8.19. The van der Waals surface area contributed by atoms with Crippen LogP contribution in [0.15, 0.2) is 24.3 Å². The highest BCUT2D eigenvalue weighted by molar-refractivity contribution is 5.92. The molecule has 1 aliphatic carbocycles. The number of nitrogens with zero attached hydrogens (tertiary/aromatic N) is 1. The van der Waals surface area contributed by atoms with Crippen LogP contribution in [-0.2, 0) is 4.79 Å². The molecule has 0 bridgehead atoms. The van der Waals surface area contributed by atoms with Gasteiger partial charge in [-0.25, -0.2) is 0 Å². The summed E-state index contributed by atoms with van der Waals surface area (Å²) in [5, 5.41) is 6.30. The molecule has 1 aliphatic heterocycles. The molecule has 1 amide bonds. The lowest BCUT2D eigenvalue weighted by Gasteiger charge is -2.18.